The summed E-state index contributed by atoms with van der Waals surface area (Å²) in [4.78, 5) is 23.1. The summed E-state index contributed by atoms with van der Waals surface area (Å²) < 4.78 is 5.58. The second-order valence-corrected chi connectivity index (χ2v) is 4.83. The summed E-state index contributed by atoms with van der Waals surface area (Å²) in [6, 6.07) is 3.83. The summed E-state index contributed by atoms with van der Waals surface area (Å²) >= 11 is 0. The van der Waals surface area contributed by atoms with Gasteiger partial charge in [-0.2, -0.15) is 0 Å². The fourth-order valence-electron chi connectivity index (χ4n) is 1.72. The maximum atomic E-state index is 9.55. The quantitative estimate of drug-likeness (QED) is 0.652. The van der Waals surface area contributed by atoms with Crippen LogP contribution in [0.2, 0.25) is 0 Å². The molecule has 1 aromatic rings. The summed E-state index contributed by atoms with van der Waals surface area (Å²) in [5.74, 6) is -1.65. The van der Waals surface area contributed by atoms with Gasteiger partial charge in [-0.1, -0.05) is 0 Å². The zero-order valence-corrected chi connectivity index (χ0v) is 12.4. The van der Waals surface area contributed by atoms with Crippen LogP contribution in [0.4, 0.5) is 0 Å². The number of carboxylic acids is 2. The molecule has 1 saturated carbocycles. The molecule has 0 bridgehead atoms. The van der Waals surface area contributed by atoms with E-state index in [1.165, 1.54) is 12.8 Å². The van der Waals surface area contributed by atoms with Crippen molar-refractivity contribution in [3.8, 4) is 5.75 Å². The van der Waals surface area contributed by atoms with Crippen molar-refractivity contribution in [2.45, 2.75) is 24.8 Å². The number of carbonyl (C=O) groups is 2. The third kappa shape index (κ3) is 7.39. The Labute approximate surface area is 128 Å². The molecule has 1 fully saturated rings. The largest absolute Gasteiger partial charge is 0.492 e. The first-order chi connectivity index (χ1) is 10.5. The zero-order chi connectivity index (χ0) is 16.4. The van der Waals surface area contributed by atoms with Crippen LogP contribution in [0.25, 0.3) is 0 Å². The fraction of sp³-hybridized carbons (Fsp3) is 0.400. The highest BCUT2D eigenvalue weighted by atomic mass is 16.5. The molecule has 0 unspecified atom stereocenters. The Morgan fingerprint density at radius 3 is 2.41 bits per heavy atom. The van der Waals surface area contributed by atoms with E-state index in [1.54, 1.807) is 12.4 Å². The standard InChI is InChI=1S/C11H16N2O.C4H4O4/c1-12-11(4-5-11)6-8-14-10-3-2-7-13-9-10;5-3(6)1-2-4(7)8/h2-3,7,9,12H,4-6,8H2,1H3;1-2H,(H,5,6)(H,7,8)/b;2-1+. The second-order valence-electron chi connectivity index (χ2n) is 4.83. The van der Waals surface area contributed by atoms with Gasteiger partial charge in [-0.05, 0) is 38.4 Å². The molecule has 1 aliphatic rings. The van der Waals surface area contributed by atoms with Crippen LogP contribution < -0.4 is 10.1 Å². The first kappa shape index (κ1) is 17.6. The molecule has 7 nitrogen and oxygen atoms in total. The molecule has 0 radical (unpaired) electrons. The lowest BCUT2D eigenvalue weighted by Gasteiger charge is -2.13. The van der Waals surface area contributed by atoms with Crippen LogP contribution in [0.5, 0.6) is 5.75 Å². The molecule has 1 heterocycles. The molecule has 22 heavy (non-hydrogen) atoms. The zero-order valence-electron chi connectivity index (χ0n) is 12.4. The third-order valence-electron chi connectivity index (χ3n) is 3.24. The lowest BCUT2D eigenvalue weighted by atomic mass is 10.2. The van der Waals surface area contributed by atoms with E-state index in [4.69, 9.17) is 14.9 Å². The minimum absolute atomic E-state index is 0.377. The van der Waals surface area contributed by atoms with Crippen LogP contribution in [0.3, 0.4) is 0 Å². The van der Waals surface area contributed by atoms with Crippen LogP contribution >= 0.6 is 0 Å². The SMILES string of the molecule is CNC1(CCOc2cccnc2)CC1.O=C(O)/C=C/C(=O)O. The normalized spacial score (nSPS) is 14.8. The van der Waals surface area contributed by atoms with Crippen LogP contribution in [0, 0.1) is 0 Å². The molecule has 0 amide bonds. The topological polar surface area (TPSA) is 109 Å². The molecule has 0 aromatic carbocycles. The molecule has 0 aliphatic heterocycles. The Hall–Kier alpha value is -2.41. The van der Waals surface area contributed by atoms with Gasteiger partial charge in [0.2, 0.25) is 0 Å². The van der Waals surface area contributed by atoms with Gasteiger partial charge >= 0.3 is 11.9 Å². The number of nitrogens with zero attached hydrogens (tertiary/aromatic N) is 1. The Morgan fingerprint density at radius 2 is 2.00 bits per heavy atom. The maximum absolute atomic E-state index is 9.55. The number of hydrogen-bond acceptors (Lipinski definition) is 5. The van der Waals surface area contributed by atoms with Gasteiger partial charge in [-0.25, -0.2) is 9.59 Å². The highest BCUT2D eigenvalue weighted by Gasteiger charge is 2.40. The van der Waals surface area contributed by atoms with E-state index >= 15 is 0 Å². The summed E-state index contributed by atoms with van der Waals surface area (Å²) in [5.41, 5.74) is 0.377. The van der Waals surface area contributed by atoms with Crippen molar-refractivity contribution in [3.63, 3.8) is 0 Å². The number of rotatable bonds is 7. The van der Waals surface area contributed by atoms with E-state index in [-0.39, 0.29) is 0 Å². The summed E-state index contributed by atoms with van der Waals surface area (Å²) in [6.07, 6.45) is 8.25. The molecule has 0 saturated heterocycles. The number of carboxylic acid groups (broad SMARTS) is 2. The number of aromatic nitrogens is 1. The molecule has 0 spiro atoms. The molecule has 7 heteroatoms. The van der Waals surface area contributed by atoms with Gasteiger partial charge in [0.15, 0.2) is 0 Å². The summed E-state index contributed by atoms with van der Waals surface area (Å²) in [7, 11) is 2.02. The van der Waals surface area contributed by atoms with Crippen molar-refractivity contribution in [1.29, 1.82) is 0 Å². The van der Waals surface area contributed by atoms with Crippen molar-refractivity contribution >= 4 is 11.9 Å². The van der Waals surface area contributed by atoms with Crippen LogP contribution in [0.15, 0.2) is 36.7 Å². The van der Waals surface area contributed by atoms with Crippen LogP contribution in [-0.2, 0) is 9.59 Å². The predicted octanol–water partition coefficient (Wildman–Crippen LogP) is 1.31. The maximum Gasteiger partial charge on any atom is 0.328 e. The minimum atomic E-state index is -1.26. The lowest BCUT2D eigenvalue weighted by molar-refractivity contribution is -0.134. The van der Waals surface area contributed by atoms with Crippen molar-refractivity contribution in [2.24, 2.45) is 0 Å². The van der Waals surface area contributed by atoms with E-state index in [1.807, 2.05) is 19.2 Å². The molecule has 1 aliphatic carbocycles. The number of pyridine rings is 1. The van der Waals surface area contributed by atoms with Gasteiger partial charge < -0.3 is 20.3 Å². The van der Waals surface area contributed by atoms with E-state index in [9.17, 15) is 9.59 Å². The molecule has 120 valence electrons. The molecular weight excluding hydrogens is 288 g/mol. The lowest BCUT2D eigenvalue weighted by Crippen LogP contribution is -2.29. The number of nitrogens with one attached hydrogen (secondary N) is 1. The predicted molar refractivity (Wildman–Crippen MR) is 79.8 cm³/mol. The summed E-state index contributed by atoms with van der Waals surface area (Å²) in [6.45, 7) is 0.770. The Kier molecular flexibility index (Phi) is 7.04. The van der Waals surface area contributed by atoms with Crippen molar-refractivity contribution in [1.82, 2.24) is 10.3 Å². The molecular formula is C15H20N2O5. The van der Waals surface area contributed by atoms with Gasteiger partial charge in [0.05, 0.1) is 12.8 Å². The molecule has 2 rings (SSSR count). The Bertz CT molecular complexity index is 496. The average molecular weight is 308 g/mol. The monoisotopic (exact) mass is 308 g/mol. The Balaban J connectivity index is 0.000000261. The Morgan fingerprint density at radius 1 is 1.36 bits per heavy atom. The first-order valence-corrected chi connectivity index (χ1v) is 6.83. The third-order valence-corrected chi connectivity index (χ3v) is 3.24. The first-order valence-electron chi connectivity index (χ1n) is 6.83. The van der Waals surface area contributed by atoms with Gasteiger partial charge in [0, 0.05) is 23.9 Å². The molecule has 0 atom stereocenters. The summed E-state index contributed by atoms with van der Waals surface area (Å²) in [5, 5.41) is 19.0. The van der Waals surface area contributed by atoms with E-state index in [0.717, 1.165) is 18.8 Å². The van der Waals surface area contributed by atoms with Crippen molar-refractivity contribution < 1.29 is 24.5 Å². The van der Waals surface area contributed by atoms with Crippen LogP contribution in [0.1, 0.15) is 19.3 Å². The molecule has 3 N–H and O–H groups in total. The van der Waals surface area contributed by atoms with Crippen molar-refractivity contribution in [3.05, 3.63) is 36.7 Å². The van der Waals surface area contributed by atoms with E-state index < -0.39 is 11.9 Å². The number of hydrogen-bond donors (Lipinski definition) is 3. The van der Waals surface area contributed by atoms with Crippen molar-refractivity contribution in [2.75, 3.05) is 13.7 Å². The smallest absolute Gasteiger partial charge is 0.328 e. The minimum Gasteiger partial charge on any atom is -0.492 e. The highest BCUT2D eigenvalue weighted by molar-refractivity contribution is 5.89. The van der Waals surface area contributed by atoms with E-state index in [2.05, 4.69) is 10.3 Å². The fourth-order valence-corrected chi connectivity index (χ4v) is 1.72. The van der Waals surface area contributed by atoms with Gasteiger partial charge in [0.25, 0.3) is 0 Å². The van der Waals surface area contributed by atoms with E-state index in [0.29, 0.717) is 17.7 Å². The van der Waals surface area contributed by atoms with Crippen LogP contribution in [-0.4, -0.2) is 46.3 Å². The van der Waals surface area contributed by atoms with Gasteiger partial charge in [0.1, 0.15) is 5.75 Å². The second kappa shape index (κ2) is 8.78. The number of aliphatic carboxylic acids is 2. The average Bonchev–Trinajstić information content (AvgIpc) is 3.27. The number of ether oxygens (including phenoxy) is 1. The highest BCUT2D eigenvalue weighted by Crippen LogP contribution is 2.37. The molecule has 1 aromatic heterocycles. The van der Waals surface area contributed by atoms with Gasteiger partial charge in [-0.3, -0.25) is 4.98 Å². The van der Waals surface area contributed by atoms with Gasteiger partial charge in [-0.15, -0.1) is 0 Å².